The van der Waals surface area contributed by atoms with Crippen molar-refractivity contribution in [2.45, 2.75) is 20.0 Å². The zero-order valence-electron chi connectivity index (χ0n) is 14.1. The van der Waals surface area contributed by atoms with Crippen molar-refractivity contribution < 1.29 is 23.5 Å². The van der Waals surface area contributed by atoms with Crippen molar-refractivity contribution in [2.75, 3.05) is 5.32 Å². The largest absolute Gasteiger partial charge is 0.447 e. The Hall–Kier alpha value is -2.92. The average Bonchev–Trinajstić information content (AvgIpc) is 3.17. The van der Waals surface area contributed by atoms with Crippen LogP contribution >= 0.6 is 22.7 Å². The third-order valence-corrected chi connectivity index (χ3v) is 4.99. The van der Waals surface area contributed by atoms with E-state index in [0.29, 0.717) is 16.9 Å². The van der Waals surface area contributed by atoms with Crippen molar-refractivity contribution in [1.82, 2.24) is 15.3 Å². The topological polar surface area (TPSA) is 110 Å². The molecule has 0 saturated heterocycles. The maximum absolute atomic E-state index is 13.7. The van der Waals surface area contributed by atoms with Gasteiger partial charge in [0.25, 0.3) is 11.8 Å². The molecule has 0 aliphatic rings. The summed E-state index contributed by atoms with van der Waals surface area (Å²) in [4.78, 5) is 44.2. The van der Waals surface area contributed by atoms with Gasteiger partial charge >= 0.3 is 6.09 Å². The number of nitrogens with zero attached hydrogens (tertiary/aromatic N) is 2. The number of carbonyl (C=O) groups excluding carboxylic acids is 3. The highest BCUT2D eigenvalue weighted by Gasteiger charge is 2.22. The van der Waals surface area contributed by atoms with Crippen molar-refractivity contribution in [3.05, 3.63) is 40.2 Å². The summed E-state index contributed by atoms with van der Waals surface area (Å²) >= 11 is 1.70. The fraction of sp³-hybridized carbons (Fsp3) is 0.188. The number of carbonyl (C=O) groups is 3. The number of alkyl carbamates (subject to hydrolysis) is 1. The number of hydrogen-bond acceptors (Lipinski definition) is 8. The van der Waals surface area contributed by atoms with Crippen LogP contribution in [0.5, 0.6) is 0 Å². The lowest BCUT2D eigenvalue weighted by molar-refractivity contribution is 0.0877. The smallest absolute Gasteiger partial charge is 0.414 e. The van der Waals surface area contributed by atoms with E-state index in [1.165, 1.54) is 6.20 Å². The van der Waals surface area contributed by atoms with E-state index in [1.807, 2.05) is 5.32 Å². The normalized spacial score (nSPS) is 10.8. The van der Waals surface area contributed by atoms with E-state index >= 15 is 0 Å². The number of amides is 3. The summed E-state index contributed by atoms with van der Waals surface area (Å²) in [5.41, 5.74) is 0.369. The van der Waals surface area contributed by atoms with Crippen LogP contribution in [0.4, 0.5) is 14.2 Å². The van der Waals surface area contributed by atoms with E-state index in [4.69, 9.17) is 4.74 Å². The Morgan fingerprint density at radius 2 is 2.00 bits per heavy atom. The van der Waals surface area contributed by atoms with Crippen LogP contribution in [0.15, 0.2) is 24.5 Å². The lowest BCUT2D eigenvalue weighted by Gasteiger charge is -2.09. The first-order valence-corrected chi connectivity index (χ1v) is 9.30. The van der Waals surface area contributed by atoms with Gasteiger partial charge in [-0.2, -0.15) is 4.39 Å². The Morgan fingerprint density at radius 1 is 1.22 bits per heavy atom. The van der Waals surface area contributed by atoms with Gasteiger partial charge in [0.05, 0.1) is 22.6 Å². The maximum Gasteiger partial charge on any atom is 0.414 e. The highest BCUT2D eigenvalue weighted by molar-refractivity contribution is 7.20. The number of ether oxygens (including phenoxy) is 1. The van der Waals surface area contributed by atoms with E-state index in [-0.39, 0.29) is 15.6 Å². The van der Waals surface area contributed by atoms with Gasteiger partial charge in [0, 0.05) is 12.3 Å². The first kappa shape index (κ1) is 18.9. The second kappa shape index (κ2) is 7.76. The molecule has 3 rings (SSSR count). The van der Waals surface area contributed by atoms with Crippen LogP contribution < -0.4 is 10.6 Å². The van der Waals surface area contributed by atoms with Gasteiger partial charge in [-0.3, -0.25) is 19.9 Å². The summed E-state index contributed by atoms with van der Waals surface area (Å²) in [6.45, 7) is 3.24. The third-order valence-electron chi connectivity index (χ3n) is 3.12. The summed E-state index contributed by atoms with van der Waals surface area (Å²) in [7, 11) is 0. The highest BCUT2D eigenvalue weighted by atomic mass is 32.1. The van der Waals surface area contributed by atoms with Gasteiger partial charge < -0.3 is 10.1 Å². The molecule has 3 heterocycles. The molecule has 0 spiro atoms. The second-order valence-corrected chi connectivity index (χ2v) is 7.55. The molecule has 140 valence electrons. The minimum Gasteiger partial charge on any atom is -0.447 e. The first-order chi connectivity index (χ1) is 12.8. The standard InChI is InChI=1S/C16H13FN4O4S2/c1-7(2)25-16(24)21-12(22)8-5-11(17)27-14(8)20-13(23)15-19-9-6-18-4-3-10(9)26-15/h3-7H,1-2H3,(H,20,23)(H,21,22,24). The molecule has 2 N–H and O–H groups in total. The zero-order chi connectivity index (χ0) is 19.6. The van der Waals surface area contributed by atoms with Crippen LogP contribution in [0, 0.1) is 5.13 Å². The molecule has 0 radical (unpaired) electrons. The average molecular weight is 408 g/mol. The van der Waals surface area contributed by atoms with E-state index in [1.54, 1.807) is 26.1 Å². The van der Waals surface area contributed by atoms with E-state index < -0.39 is 29.1 Å². The number of rotatable bonds is 4. The Bertz CT molecular complexity index is 998. The molecule has 0 bridgehead atoms. The Balaban J connectivity index is 1.78. The Labute approximate surface area is 160 Å². The van der Waals surface area contributed by atoms with E-state index in [9.17, 15) is 18.8 Å². The van der Waals surface area contributed by atoms with E-state index in [2.05, 4.69) is 15.3 Å². The molecule has 0 atom stereocenters. The lowest BCUT2D eigenvalue weighted by Crippen LogP contribution is -2.33. The molecule has 0 saturated carbocycles. The van der Waals surface area contributed by atoms with Crippen LogP contribution in [0.25, 0.3) is 10.2 Å². The van der Waals surface area contributed by atoms with Crippen molar-refractivity contribution in [2.24, 2.45) is 0 Å². The molecule has 0 fully saturated rings. The molecule has 0 aliphatic carbocycles. The number of hydrogen-bond donors (Lipinski definition) is 2. The summed E-state index contributed by atoms with van der Waals surface area (Å²) in [6, 6.07) is 2.65. The third kappa shape index (κ3) is 4.44. The number of anilines is 1. The van der Waals surface area contributed by atoms with Crippen LogP contribution in [0.2, 0.25) is 0 Å². The first-order valence-electron chi connectivity index (χ1n) is 7.66. The van der Waals surface area contributed by atoms with Gasteiger partial charge in [-0.05, 0) is 19.9 Å². The predicted octanol–water partition coefficient (Wildman–Crippen LogP) is 3.42. The maximum atomic E-state index is 13.7. The Kier molecular flexibility index (Phi) is 5.42. The lowest BCUT2D eigenvalue weighted by atomic mass is 10.3. The van der Waals surface area contributed by atoms with E-state index in [0.717, 1.165) is 22.1 Å². The van der Waals surface area contributed by atoms with Crippen LogP contribution in [0.3, 0.4) is 0 Å². The molecule has 3 aromatic rings. The van der Waals surface area contributed by atoms with Gasteiger partial charge in [0.2, 0.25) is 0 Å². The van der Waals surface area contributed by atoms with Gasteiger partial charge in [-0.1, -0.05) is 11.3 Å². The van der Waals surface area contributed by atoms with Crippen LogP contribution in [-0.4, -0.2) is 34.0 Å². The molecule has 27 heavy (non-hydrogen) atoms. The number of thiazole rings is 1. The van der Waals surface area contributed by atoms with Crippen molar-refractivity contribution in [3.63, 3.8) is 0 Å². The minimum atomic E-state index is -0.961. The number of imide groups is 1. The fourth-order valence-electron chi connectivity index (χ4n) is 2.06. The minimum absolute atomic E-state index is 0.0373. The highest BCUT2D eigenvalue weighted by Crippen LogP contribution is 2.28. The molecule has 11 heteroatoms. The van der Waals surface area contributed by atoms with Gasteiger partial charge in [0.1, 0.15) is 10.5 Å². The quantitative estimate of drug-likeness (QED) is 0.684. The van der Waals surface area contributed by atoms with Crippen molar-refractivity contribution >= 4 is 55.8 Å². The van der Waals surface area contributed by atoms with Gasteiger partial charge in [-0.25, -0.2) is 9.78 Å². The van der Waals surface area contributed by atoms with Crippen LogP contribution in [-0.2, 0) is 4.74 Å². The zero-order valence-corrected chi connectivity index (χ0v) is 15.7. The molecule has 0 unspecified atom stereocenters. The van der Waals surface area contributed by atoms with Crippen molar-refractivity contribution in [1.29, 1.82) is 0 Å². The predicted molar refractivity (Wildman–Crippen MR) is 98.7 cm³/mol. The molecular formula is C16H13FN4O4S2. The molecule has 3 aromatic heterocycles. The number of aromatic nitrogens is 2. The summed E-state index contributed by atoms with van der Waals surface area (Å²) in [5.74, 6) is -1.48. The fourth-order valence-corrected chi connectivity index (χ4v) is 3.66. The number of pyridine rings is 1. The molecule has 3 amide bonds. The summed E-state index contributed by atoms with van der Waals surface area (Å²) in [5, 5.41) is 3.85. The SMILES string of the molecule is CC(C)OC(=O)NC(=O)c1cc(F)sc1NC(=O)c1nc2cnccc2s1. The Morgan fingerprint density at radius 3 is 2.70 bits per heavy atom. The van der Waals surface area contributed by atoms with Gasteiger partial charge in [-0.15, -0.1) is 11.3 Å². The molecule has 0 aromatic carbocycles. The summed E-state index contributed by atoms with van der Waals surface area (Å²) in [6.07, 6.45) is 1.71. The molecular weight excluding hydrogens is 395 g/mol. The monoisotopic (exact) mass is 408 g/mol. The second-order valence-electron chi connectivity index (χ2n) is 5.52. The number of nitrogens with one attached hydrogen (secondary N) is 2. The number of halogens is 1. The molecule has 8 nitrogen and oxygen atoms in total. The summed E-state index contributed by atoms with van der Waals surface area (Å²) < 4.78 is 19.2. The number of fused-ring (bicyclic) bond motifs is 1. The van der Waals surface area contributed by atoms with Crippen LogP contribution in [0.1, 0.15) is 34.0 Å². The molecule has 0 aliphatic heterocycles. The van der Waals surface area contributed by atoms with Crippen molar-refractivity contribution in [3.8, 4) is 0 Å². The number of thiophene rings is 1. The van der Waals surface area contributed by atoms with Gasteiger partial charge in [0.15, 0.2) is 10.1 Å².